The molecule has 31 heavy (non-hydrogen) atoms. The summed E-state index contributed by atoms with van der Waals surface area (Å²) in [6.45, 7) is -0.598. The highest BCUT2D eigenvalue weighted by molar-refractivity contribution is 8.16. The molecule has 0 saturated carbocycles. The maximum absolute atomic E-state index is 12.1. The molecular weight excluding hydrogens is 430 g/mol. The molecule has 7 heteroatoms. The van der Waals surface area contributed by atoms with Crippen molar-refractivity contribution < 1.29 is 19.1 Å². The summed E-state index contributed by atoms with van der Waals surface area (Å²) in [6.07, 6.45) is 1.26. The number of ether oxygens (including phenoxy) is 2. The molecule has 1 N–H and O–H groups in total. The lowest BCUT2D eigenvalue weighted by molar-refractivity contribution is -0.149. The van der Waals surface area contributed by atoms with Gasteiger partial charge in [0, 0.05) is 5.69 Å². The van der Waals surface area contributed by atoms with Crippen LogP contribution in [0.25, 0.3) is 10.8 Å². The fourth-order valence-corrected chi connectivity index (χ4v) is 6.09. The molecule has 4 rings (SSSR count). The van der Waals surface area contributed by atoms with Crippen LogP contribution in [0.2, 0.25) is 0 Å². The van der Waals surface area contributed by atoms with E-state index in [9.17, 15) is 9.59 Å². The number of benzene rings is 3. The van der Waals surface area contributed by atoms with Gasteiger partial charge in [0.25, 0.3) is 5.91 Å². The third-order valence-corrected chi connectivity index (χ3v) is 7.75. The van der Waals surface area contributed by atoms with Crippen molar-refractivity contribution in [3.63, 3.8) is 0 Å². The van der Waals surface area contributed by atoms with Gasteiger partial charge in [-0.3, -0.25) is 4.79 Å². The Morgan fingerprint density at radius 2 is 1.65 bits per heavy atom. The maximum atomic E-state index is 12.1. The van der Waals surface area contributed by atoms with Crippen molar-refractivity contribution in [1.82, 2.24) is 0 Å². The molecule has 3 aromatic rings. The molecule has 5 nitrogen and oxygen atoms in total. The summed E-state index contributed by atoms with van der Waals surface area (Å²) in [5.74, 6) is 2.01. The number of carbonyl (C=O) groups is 2. The highest BCUT2D eigenvalue weighted by atomic mass is 32.2. The second-order valence-corrected chi connectivity index (χ2v) is 9.78. The fraction of sp³-hybridized carbons (Fsp3) is 0.250. The lowest BCUT2D eigenvalue weighted by Gasteiger charge is -2.21. The van der Waals surface area contributed by atoms with Crippen molar-refractivity contribution in [3.05, 3.63) is 72.3 Å². The molecular formula is C24H23NO4S2. The zero-order valence-corrected chi connectivity index (χ0v) is 18.5. The summed E-state index contributed by atoms with van der Waals surface area (Å²) in [4.78, 5) is 24.0. The minimum Gasteiger partial charge on any atom is -0.482 e. The molecule has 0 aromatic heterocycles. The maximum Gasteiger partial charge on any atom is 0.344 e. The zero-order valence-electron chi connectivity index (χ0n) is 16.9. The van der Waals surface area contributed by atoms with Gasteiger partial charge < -0.3 is 14.8 Å². The monoisotopic (exact) mass is 453 g/mol. The van der Waals surface area contributed by atoms with Crippen LogP contribution in [0.4, 0.5) is 5.69 Å². The number of carbonyl (C=O) groups excluding carboxylic acids is 2. The van der Waals surface area contributed by atoms with E-state index >= 15 is 0 Å². The number of anilines is 1. The Morgan fingerprint density at radius 1 is 0.903 bits per heavy atom. The largest absolute Gasteiger partial charge is 0.482 e. The Balaban J connectivity index is 1.20. The normalized spacial score (nSPS) is 14.2. The molecule has 0 bridgehead atoms. The Bertz CT molecular complexity index is 1050. The summed E-state index contributed by atoms with van der Waals surface area (Å²) < 4.78 is 11.0. The van der Waals surface area contributed by atoms with Gasteiger partial charge in [0.2, 0.25) is 0 Å². The van der Waals surface area contributed by atoms with Crippen LogP contribution in [0.1, 0.15) is 16.6 Å². The molecule has 1 aliphatic heterocycles. The van der Waals surface area contributed by atoms with E-state index in [-0.39, 0.29) is 13.2 Å². The summed E-state index contributed by atoms with van der Waals surface area (Å²) in [5.41, 5.74) is 1.92. The number of fused-ring (bicyclic) bond motifs is 1. The van der Waals surface area contributed by atoms with Crippen molar-refractivity contribution in [3.8, 4) is 5.75 Å². The number of rotatable bonds is 7. The van der Waals surface area contributed by atoms with Gasteiger partial charge in [-0.25, -0.2) is 4.79 Å². The van der Waals surface area contributed by atoms with Crippen molar-refractivity contribution >= 4 is 51.9 Å². The van der Waals surface area contributed by atoms with Gasteiger partial charge in [0.15, 0.2) is 13.2 Å². The first-order valence-corrected chi connectivity index (χ1v) is 12.2. The fourth-order valence-electron chi connectivity index (χ4n) is 3.20. The SMILES string of the molecule is O=C(COC(=O)COc1ccc(C2SCCCS2)cc1)Nc1ccc2ccccc2c1. The van der Waals surface area contributed by atoms with Crippen LogP contribution in [-0.2, 0) is 14.3 Å². The third kappa shape index (κ3) is 6.18. The predicted molar refractivity (Wildman–Crippen MR) is 128 cm³/mol. The van der Waals surface area contributed by atoms with Crippen molar-refractivity contribution in [2.24, 2.45) is 0 Å². The van der Waals surface area contributed by atoms with Gasteiger partial charge in [-0.2, -0.15) is 0 Å². The number of hydrogen-bond donors (Lipinski definition) is 1. The minimum absolute atomic E-state index is 0.241. The summed E-state index contributed by atoms with van der Waals surface area (Å²) in [7, 11) is 0. The molecule has 1 saturated heterocycles. The Labute approximate surface area is 189 Å². The van der Waals surface area contributed by atoms with Crippen molar-refractivity contribution in [2.45, 2.75) is 11.0 Å². The first-order valence-electron chi connectivity index (χ1n) is 10.1. The van der Waals surface area contributed by atoms with Crippen LogP contribution in [-0.4, -0.2) is 36.6 Å². The minimum atomic E-state index is -0.587. The van der Waals surface area contributed by atoms with E-state index < -0.39 is 11.9 Å². The van der Waals surface area contributed by atoms with Crippen LogP contribution >= 0.6 is 23.5 Å². The average Bonchev–Trinajstić information content (AvgIpc) is 2.82. The van der Waals surface area contributed by atoms with Crippen LogP contribution < -0.4 is 10.1 Å². The number of thioether (sulfide) groups is 2. The van der Waals surface area contributed by atoms with E-state index in [2.05, 4.69) is 5.32 Å². The summed E-state index contributed by atoms with van der Waals surface area (Å²) in [6, 6.07) is 21.3. The highest BCUT2D eigenvalue weighted by Gasteiger charge is 2.16. The molecule has 1 fully saturated rings. The van der Waals surface area contributed by atoms with Crippen molar-refractivity contribution in [2.75, 3.05) is 30.0 Å². The number of hydrogen-bond acceptors (Lipinski definition) is 6. The van der Waals surface area contributed by atoms with Gasteiger partial charge in [0.1, 0.15) is 5.75 Å². The van der Waals surface area contributed by atoms with Crippen LogP contribution in [0, 0.1) is 0 Å². The molecule has 1 aliphatic rings. The Morgan fingerprint density at radius 3 is 2.42 bits per heavy atom. The van der Waals surface area contributed by atoms with E-state index in [4.69, 9.17) is 9.47 Å². The van der Waals surface area contributed by atoms with E-state index in [0.29, 0.717) is 16.0 Å². The molecule has 160 valence electrons. The lowest BCUT2D eigenvalue weighted by Crippen LogP contribution is -2.23. The van der Waals surface area contributed by atoms with Crippen LogP contribution in [0.3, 0.4) is 0 Å². The third-order valence-electron chi connectivity index (χ3n) is 4.73. The topological polar surface area (TPSA) is 64.6 Å². The molecule has 1 amide bonds. The lowest BCUT2D eigenvalue weighted by atomic mass is 10.1. The van der Waals surface area contributed by atoms with E-state index in [1.165, 1.54) is 23.5 Å². The van der Waals surface area contributed by atoms with Crippen molar-refractivity contribution in [1.29, 1.82) is 0 Å². The van der Waals surface area contributed by atoms with Gasteiger partial charge in [-0.1, -0.05) is 42.5 Å². The van der Waals surface area contributed by atoms with Gasteiger partial charge in [-0.15, -0.1) is 23.5 Å². The second kappa shape index (κ2) is 10.6. The van der Waals surface area contributed by atoms with Gasteiger partial charge in [-0.05, 0) is 58.5 Å². The molecule has 0 radical (unpaired) electrons. The molecule has 3 aromatic carbocycles. The van der Waals surface area contributed by atoms with E-state index in [0.717, 1.165) is 10.8 Å². The van der Waals surface area contributed by atoms with E-state index in [1.807, 2.05) is 90.3 Å². The molecule has 0 unspecified atom stereocenters. The number of nitrogens with one attached hydrogen (secondary N) is 1. The smallest absolute Gasteiger partial charge is 0.344 e. The summed E-state index contributed by atoms with van der Waals surface area (Å²) in [5, 5.41) is 4.86. The Hall–Kier alpha value is -2.64. The quantitative estimate of drug-likeness (QED) is 0.492. The predicted octanol–water partition coefficient (Wildman–Crippen LogP) is 5.27. The van der Waals surface area contributed by atoms with E-state index in [1.54, 1.807) is 0 Å². The second-order valence-electron chi connectivity index (χ2n) is 7.06. The number of amides is 1. The Kier molecular flexibility index (Phi) is 7.38. The van der Waals surface area contributed by atoms with Gasteiger partial charge >= 0.3 is 5.97 Å². The van der Waals surface area contributed by atoms with Gasteiger partial charge in [0.05, 0.1) is 4.58 Å². The standard InChI is InChI=1S/C24H23NO4S2/c26-22(25-20-9-6-17-4-1-2-5-19(17)14-20)15-29-23(27)16-28-21-10-7-18(8-11-21)24-30-12-3-13-31-24/h1-2,4-11,14,24H,3,12-13,15-16H2,(H,25,26). The first-order chi connectivity index (χ1) is 15.2. The van der Waals surface area contributed by atoms with Crippen LogP contribution in [0.5, 0.6) is 5.75 Å². The average molecular weight is 454 g/mol. The number of esters is 1. The molecule has 1 heterocycles. The highest BCUT2D eigenvalue weighted by Crippen LogP contribution is 2.43. The zero-order chi connectivity index (χ0) is 21.5. The molecule has 0 aliphatic carbocycles. The summed E-state index contributed by atoms with van der Waals surface area (Å²) >= 11 is 3.92. The molecule has 0 atom stereocenters. The van der Waals surface area contributed by atoms with Crippen LogP contribution in [0.15, 0.2) is 66.7 Å². The first kappa shape index (κ1) is 21.6. The molecule has 0 spiro atoms.